The first-order valence-electron chi connectivity index (χ1n) is 9.95. The van der Waals surface area contributed by atoms with Gasteiger partial charge in [-0.2, -0.15) is 4.31 Å². The molecule has 2 aromatic carbocycles. The van der Waals surface area contributed by atoms with Crippen molar-refractivity contribution in [1.82, 2.24) is 9.29 Å². The number of anilines is 1. The first-order valence-corrected chi connectivity index (χ1v) is 12.2. The number of methoxy groups -OCH3 is 1. The number of carbonyl (C=O) groups is 1. The van der Waals surface area contributed by atoms with E-state index in [4.69, 9.17) is 9.47 Å². The van der Waals surface area contributed by atoms with E-state index in [0.29, 0.717) is 10.6 Å². The summed E-state index contributed by atoms with van der Waals surface area (Å²) in [6.07, 6.45) is 0. The Morgan fingerprint density at radius 1 is 1.25 bits per heavy atom. The van der Waals surface area contributed by atoms with Crippen LogP contribution in [0.2, 0.25) is 0 Å². The summed E-state index contributed by atoms with van der Waals surface area (Å²) in [6.45, 7) is 1.32. The Morgan fingerprint density at radius 3 is 2.72 bits per heavy atom. The molecule has 1 fully saturated rings. The highest BCUT2D eigenvalue weighted by molar-refractivity contribution is 7.89. The predicted molar refractivity (Wildman–Crippen MR) is 119 cm³/mol. The van der Waals surface area contributed by atoms with Gasteiger partial charge in [-0.3, -0.25) is 9.69 Å². The van der Waals surface area contributed by atoms with E-state index < -0.39 is 21.7 Å². The van der Waals surface area contributed by atoms with Crippen LogP contribution >= 0.6 is 11.3 Å². The van der Waals surface area contributed by atoms with Crippen LogP contribution in [0.25, 0.3) is 10.2 Å². The molecule has 0 aliphatic carbocycles. The number of morpholine rings is 1. The Balaban J connectivity index is 1.71. The lowest BCUT2D eigenvalue weighted by atomic mass is 10.2. The Labute approximate surface area is 189 Å². The molecular formula is C21H22FN3O5S2. The summed E-state index contributed by atoms with van der Waals surface area (Å²) in [7, 11) is -2.39. The second kappa shape index (κ2) is 9.59. The van der Waals surface area contributed by atoms with Gasteiger partial charge in [0.1, 0.15) is 5.82 Å². The maximum Gasteiger partial charge on any atom is 0.263 e. The normalized spacial score (nSPS) is 15.2. The van der Waals surface area contributed by atoms with Crippen molar-refractivity contribution in [3.8, 4) is 0 Å². The van der Waals surface area contributed by atoms with Gasteiger partial charge in [0.2, 0.25) is 10.0 Å². The van der Waals surface area contributed by atoms with Crippen molar-refractivity contribution in [1.29, 1.82) is 0 Å². The number of sulfonamides is 1. The van der Waals surface area contributed by atoms with E-state index >= 15 is 0 Å². The van der Waals surface area contributed by atoms with Crippen LogP contribution in [-0.2, 0) is 19.5 Å². The number of hydrogen-bond acceptors (Lipinski definition) is 7. The van der Waals surface area contributed by atoms with E-state index in [1.807, 2.05) is 24.3 Å². The van der Waals surface area contributed by atoms with E-state index in [1.165, 1.54) is 33.7 Å². The number of carbonyl (C=O) groups excluding carboxylic acids is 1. The fourth-order valence-corrected chi connectivity index (χ4v) is 5.78. The standard InChI is InChI=1S/C21H22FN3O5S2/c1-29-11-10-25(21-23-18-4-2-3-5-19(18)31-21)20(26)16-14-15(6-7-17(16)22)32(27,28)24-8-12-30-13-9-24/h2-7,14H,8-13H2,1H3. The topological polar surface area (TPSA) is 89.0 Å². The molecule has 1 amide bonds. The Bertz CT molecular complexity index is 1190. The number of nitrogens with zero attached hydrogens (tertiary/aromatic N) is 3. The molecule has 0 radical (unpaired) electrons. The van der Waals surface area contributed by atoms with Crippen LogP contribution in [-0.4, -0.2) is 70.2 Å². The van der Waals surface area contributed by atoms with Gasteiger partial charge in [-0.05, 0) is 30.3 Å². The molecule has 0 unspecified atom stereocenters. The summed E-state index contributed by atoms with van der Waals surface area (Å²) in [6, 6.07) is 10.7. The molecule has 170 valence electrons. The quantitative estimate of drug-likeness (QED) is 0.518. The third-order valence-corrected chi connectivity index (χ3v) is 8.01. The van der Waals surface area contributed by atoms with Crippen LogP contribution in [0, 0.1) is 5.82 Å². The number of amides is 1. The maximum atomic E-state index is 14.7. The van der Waals surface area contributed by atoms with Crippen LogP contribution in [0.1, 0.15) is 10.4 Å². The number of thiazole rings is 1. The zero-order valence-electron chi connectivity index (χ0n) is 17.4. The first-order chi connectivity index (χ1) is 15.4. The van der Waals surface area contributed by atoms with Gasteiger partial charge in [-0.1, -0.05) is 23.5 Å². The molecular weight excluding hydrogens is 457 g/mol. The molecule has 0 atom stereocenters. The van der Waals surface area contributed by atoms with Gasteiger partial charge < -0.3 is 9.47 Å². The van der Waals surface area contributed by atoms with Gasteiger partial charge in [-0.15, -0.1) is 0 Å². The van der Waals surface area contributed by atoms with Gasteiger partial charge in [0, 0.05) is 20.2 Å². The molecule has 1 aromatic heterocycles. The summed E-state index contributed by atoms with van der Waals surface area (Å²) in [4.78, 5) is 19.0. The van der Waals surface area contributed by atoms with Gasteiger partial charge in [0.05, 0.1) is 47.0 Å². The maximum absolute atomic E-state index is 14.7. The Kier molecular flexibility index (Phi) is 6.82. The molecule has 4 rings (SSSR count). The average molecular weight is 480 g/mol. The number of aromatic nitrogens is 1. The minimum atomic E-state index is -3.88. The first kappa shape index (κ1) is 22.7. The van der Waals surface area contributed by atoms with E-state index in [0.717, 1.165) is 16.8 Å². The van der Waals surface area contributed by atoms with E-state index in [1.54, 1.807) is 0 Å². The van der Waals surface area contributed by atoms with E-state index in [-0.39, 0.29) is 49.9 Å². The van der Waals surface area contributed by atoms with Crippen molar-refractivity contribution in [3.05, 3.63) is 53.8 Å². The van der Waals surface area contributed by atoms with Crippen LogP contribution in [0.3, 0.4) is 0 Å². The molecule has 2 heterocycles. The number of hydrogen-bond donors (Lipinski definition) is 0. The van der Waals surface area contributed by atoms with E-state index in [9.17, 15) is 17.6 Å². The van der Waals surface area contributed by atoms with Crippen LogP contribution in [0.5, 0.6) is 0 Å². The third kappa shape index (κ3) is 4.52. The van der Waals surface area contributed by atoms with Crippen molar-refractivity contribution >= 4 is 42.6 Å². The number of ether oxygens (including phenoxy) is 2. The SMILES string of the molecule is COCCN(C(=O)c1cc(S(=O)(=O)N2CCOCC2)ccc1F)c1nc2ccccc2s1. The second-order valence-electron chi connectivity index (χ2n) is 7.07. The third-order valence-electron chi connectivity index (χ3n) is 5.05. The highest BCUT2D eigenvalue weighted by Gasteiger charge is 2.30. The lowest BCUT2D eigenvalue weighted by Crippen LogP contribution is -2.40. The summed E-state index contributed by atoms with van der Waals surface area (Å²) < 4.78 is 53.2. The fourth-order valence-electron chi connectivity index (χ4n) is 3.35. The number of benzene rings is 2. The summed E-state index contributed by atoms with van der Waals surface area (Å²) in [5, 5.41) is 0.383. The molecule has 8 nitrogen and oxygen atoms in total. The molecule has 1 saturated heterocycles. The average Bonchev–Trinajstić information content (AvgIpc) is 3.24. The number of rotatable bonds is 7. The van der Waals surface area contributed by atoms with Crippen molar-refractivity contribution in [3.63, 3.8) is 0 Å². The fraction of sp³-hybridized carbons (Fsp3) is 0.333. The predicted octanol–water partition coefficient (Wildman–Crippen LogP) is 2.75. The zero-order valence-corrected chi connectivity index (χ0v) is 19.0. The molecule has 32 heavy (non-hydrogen) atoms. The highest BCUT2D eigenvalue weighted by Crippen LogP contribution is 2.30. The smallest absolute Gasteiger partial charge is 0.263 e. The minimum absolute atomic E-state index is 0.134. The van der Waals surface area contributed by atoms with Gasteiger partial charge in [0.25, 0.3) is 5.91 Å². The molecule has 0 saturated carbocycles. The summed E-state index contributed by atoms with van der Waals surface area (Å²) in [5.74, 6) is -1.49. The van der Waals surface area contributed by atoms with Crippen molar-refractivity contribution in [2.24, 2.45) is 0 Å². The highest BCUT2D eigenvalue weighted by atomic mass is 32.2. The molecule has 1 aliphatic rings. The van der Waals surface area contributed by atoms with Crippen molar-refractivity contribution in [2.45, 2.75) is 4.90 Å². The van der Waals surface area contributed by atoms with Gasteiger partial charge >= 0.3 is 0 Å². The number of fused-ring (bicyclic) bond motifs is 1. The Hall–Kier alpha value is -2.44. The molecule has 1 aliphatic heterocycles. The molecule has 11 heteroatoms. The van der Waals surface area contributed by atoms with Gasteiger partial charge in [0.15, 0.2) is 5.13 Å². The lowest BCUT2D eigenvalue weighted by molar-refractivity contribution is 0.0730. The lowest BCUT2D eigenvalue weighted by Gasteiger charge is -2.26. The molecule has 0 bridgehead atoms. The van der Waals surface area contributed by atoms with Crippen LogP contribution in [0.4, 0.5) is 9.52 Å². The van der Waals surface area contributed by atoms with Crippen molar-refractivity contribution in [2.75, 3.05) is 51.5 Å². The summed E-state index contributed by atoms with van der Waals surface area (Å²) >= 11 is 1.29. The monoisotopic (exact) mass is 479 g/mol. The Morgan fingerprint density at radius 2 is 2.00 bits per heavy atom. The minimum Gasteiger partial charge on any atom is -0.383 e. The van der Waals surface area contributed by atoms with Gasteiger partial charge in [-0.25, -0.2) is 17.8 Å². The molecule has 0 N–H and O–H groups in total. The van der Waals surface area contributed by atoms with Crippen LogP contribution < -0.4 is 4.90 Å². The summed E-state index contributed by atoms with van der Waals surface area (Å²) in [5.41, 5.74) is 0.376. The second-order valence-corrected chi connectivity index (χ2v) is 10.0. The van der Waals surface area contributed by atoms with E-state index in [2.05, 4.69) is 4.98 Å². The van der Waals surface area contributed by atoms with Crippen LogP contribution in [0.15, 0.2) is 47.4 Å². The van der Waals surface area contributed by atoms with Crippen molar-refractivity contribution < 1.29 is 27.1 Å². The molecule has 0 spiro atoms. The number of para-hydroxylation sites is 1. The molecule has 3 aromatic rings. The largest absolute Gasteiger partial charge is 0.383 e. The zero-order chi connectivity index (χ0) is 22.7. The number of halogens is 1.